The average Bonchev–Trinajstić information content (AvgIpc) is 2.61. The number of nitrogens with two attached hydrogens (primary N) is 1. The van der Waals surface area contributed by atoms with Crippen molar-refractivity contribution in [1.82, 2.24) is 19.5 Å². The number of piperazine rings is 1. The third-order valence-electron chi connectivity index (χ3n) is 3.30. The van der Waals surface area contributed by atoms with Crippen LogP contribution in [0, 0.1) is 0 Å². The molecule has 2 rings (SSSR count). The summed E-state index contributed by atoms with van der Waals surface area (Å²) in [6.07, 6.45) is 3.11. The number of nitrogens with zero attached hydrogens (tertiary/aromatic N) is 3. The molecule has 1 fully saturated rings. The largest absolute Gasteiger partial charge is 0.493 e. The number of nitrogen functional groups attached to an aromatic ring is 1. The second-order valence-electron chi connectivity index (χ2n) is 4.63. The fourth-order valence-corrected chi connectivity index (χ4v) is 2.24. The molecule has 1 saturated heterocycles. The Morgan fingerprint density at radius 2 is 1.94 bits per heavy atom. The number of rotatable bonds is 5. The predicted molar refractivity (Wildman–Crippen MR) is 69.1 cm³/mol. The molecule has 1 aliphatic heterocycles. The van der Waals surface area contributed by atoms with Crippen molar-refractivity contribution in [2.24, 2.45) is 0 Å². The summed E-state index contributed by atoms with van der Waals surface area (Å²) < 4.78 is 2.21. The van der Waals surface area contributed by atoms with Crippen molar-refractivity contribution in [3.05, 3.63) is 16.7 Å². The number of aromatic nitrogens is 2. The van der Waals surface area contributed by atoms with Gasteiger partial charge < -0.3 is 21.2 Å². The number of imidazole rings is 1. The topological polar surface area (TPSA) is 88.4 Å². The highest BCUT2D eigenvalue weighted by atomic mass is 16.3. The summed E-state index contributed by atoms with van der Waals surface area (Å²) in [5.41, 5.74) is -0.366. The van der Waals surface area contributed by atoms with Gasteiger partial charge in [0.15, 0.2) is 0 Å². The lowest BCUT2D eigenvalue weighted by atomic mass is 10.2. The lowest BCUT2D eigenvalue weighted by Crippen LogP contribution is -2.43. The van der Waals surface area contributed by atoms with Crippen LogP contribution in [0.25, 0.3) is 0 Å². The van der Waals surface area contributed by atoms with E-state index in [1.165, 1.54) is 10.8 Å². The zero-order valence-corrected chi connectivity index (χ0v) is 10.5. The fourth-order valence-electron chi connectivity index (χ4n) is 2.24. The van der Waals surface area contributed by atoms with Gasteiger partial charge in [0.05, 0.1) is 6.20 Å². The molecule has 18 heavy (non-hydrogen) atoms. The average molecular weight is 255 g/mol. The minimum Gasteiger partial charge on any atom is -0.493 e. The molecular weight excluding hydrogens is 234 g/mol. The van der Waals surface area contributed by atoms with Gasteiger partial charge >= 0.3 is 5.69 Å². The van der Waals surface area contributed by atoms with Crippen molar-refractivity contribution in [3.8, 4) is 5.88 Å². The van der Waals surface area contributed by atoms with Crippen LogP contribution in [0.2, 0.25) is 0 Å². The Bertz CT molecular complexity index is 433. The van der Waals surface area contributed by atoms with E-state index in [4.69, 9.17) is 5.84 Å². The van der Waals surface area contributed by atoms with Crippen molar-refractivity contribution in [3.63, 3.8) is 0 Å². The second kappa shape index (κ2) is 5.92. The van der Waals surface area contributed by atoms with Gasteiger partial charge in [0.1, 0.15) is 0 Å². The monoisotopic (exact) mass is 255 g/mol. The van der Waals surface area contributed by atoms with Crippen LogP contribution in [-0.4, -0.2) is 52.0 Å². The number of hydrogen-bond donors (Lipinski definition) is 3. The summed E-state index contributed by atoms with van der Waals surface area (Å²) in [7, 11) is 0. The van der Waals surface area contributed by atoms with Crippen molar-refractivity contribution >= 4 is 0 Å². The first-order valence-corrected chi connectivity index (χ1v) is 6.38. The summed E-state index contributed by atoms with van der Waals surface area (Å²) in [5, 5.41) is 12.8. The number of aromatic hydroxyl groups is 1. The first-order valence-electron chi connectivity index (χ1n) is 6.38. The summed E-state index contributed by atoms with van der Waals surface area (Å²) in [4.78, 5) is 13.9. The molecule has 7 heteroatoms. The van der Waals surface area contributed by atoms with Gasteiger partial charge in [-0.3, -0.25) is 4.57 Å². The molecule has 1 aromatic heterocycles. The Kier molecular flexibility index (Phi) is 4.27. The standard InChI is InChI=1S/C11H21N5O2/c12-16-9-10(17)15(11(16)18)6-2-1-5-14-7-3-13-4-8-14/h9,13,17H,1-8,12H2. The highest BCUT2D eigenvalue weighted by Gasteiger charge is 2.10. The van der Waals surface area contributed by atoms with Gasteiger partial charge in [-0.2, -0.15) is 0 Å². The summed E-state index contributed by atoms with van der Waals surface area (Å²) >= 11 is 0. The second-order valence-corrected chi connectivity index (χ2v) is 4.63. The Balaban J connectivity index is 1.73. The highest BCUT2D eigenvalue weighted by Crippen LogP contribution is 2.06. The van der Waals surface area contributed by atoms with E-state index in [0.29, 0.717) is 6.54 Å². The van der Waals surface area contributed by atoms with E-state index in [1.54, 1.807) is 0 Å². The van der Waals surface area contributed by atoms with Crippen molar-refractivity contribution in [2.75, 3.05) is 38.6 Å². The van der Waals surface area contributed by atoms with E-state index in [1.807, 2.05) is 0 Å². The van der Waals surface area contributed by atoms with Gasteiger partial charge in [0.2, 0.25) is 5.88 Å². The molecule has 0 amide bonds. The summed E-state index contributed by atoms with van der Waals surface area (Å²) in [6.45, 7) is 5.84. The van der Waals surface area contributed by atoms with Crippen LogP contribution >= 0.6 is 0 Å². The van der Waals surface area contributed by atoms with E-state index in [-0.39, 0.29) is 11.6 Å². The molecule has 0 radical (unpaired) electrons. The van der Waals surface area contributed by atoms with Gasteiger partial charge in [-0.05, 0) is 19.4 Å². The quantitative estimate of drug-likeness (QED) is 0.452. The maximum Gasteiger partial charge on any atom is 0.349 e. The lowest BCUT2D eigenvalue weighted by molar-refractivity contribution is 0.235. The molecule has 1 aliphatic rings. The van der Waals surface area contributed by atoms with E-state index in [9.17, 15) is 9.90 Å². The smallest absolute Gasteiger partial charge is 0.349 e. The lowest BCUT2D eigenvalue weighted by Gasteiger charge is -2.27. The van der Waals surface area contributed by atoms with Crippen LogP contribution in [-0.2, 0) is 6.54 Å². The first kappa shape index (κ1) is 13.0. The van der Waals surface area contributed by atoms with Gasteiger partial charge in [-0.15, -0.1) is 0 Å². The van der Waals surface area contributed by atoms with Gasteiger partial charge in [-0.25, -0.2) is 9.47 Å². The predicted octanol–water partition coefficient (Wildman–Crippen LogP) is -1.25. The Hall–Kier alpha value is -1.47. The number of hydrogen-bond acceptors (Lipinski definition) is 5. The third kappa shape index (κ3) is 3.05. The summed E-state index contributed by atoms with van der Waals surface area (Å²) in [5.74, 6) is 5.31. The van der Waals surface area contributed by atoms with Crippen LogP contribution in [0.15, 0.2) is 11.0 Å². The zero-order valence-electron chi connectivity index (χ0n) is 10.5. The number of unbranched alkanes of at least 4 members (excludes halogenated alkanes) is 1. The van der Waals surface area contributed by atoms with Crippen molar-refractivity contribution < 1.29 is 5.11 Å². The molecule has 7 nitrogen and oxygen atoms in total. The van der Waals surface area contributed by atoms with Crippen molar-refractivity contribution in [1.29, 1.82) is 0 Å². The summed E-state index contributed by atoms with van der Waals surface area (Å²) in [6, 6.07) is 0. The fraction of sp³-hybridized carbons (Fsp3) is 0.727. The molecule has 0 spiro atoms. The van der Waals surface area contributed by atoms with Crippen LogP contribution in [0.5, 0.6) is 5.88 Å². The van der Waals surface area contributed by atoms with Crippen LogP contribution < -0.4 is 16.8 Å². The number of nitrogens with one attached hydrogen (secondary N) is 1. The Labute approximate surface area is 106 Å². The minimum absolute atomic E-state index is 0.0651. The van der Waals surface area contributed by atoms with Gasteiger partial charge in [0.25, 0.3) is 0 Å². The van der Waals surface area contributed by atoms with Crippen molar-refractivity contribution in [2.45, 2.75) is 19.4 Å². The van der Waals surface area contributed by atoms with E-state index < -0.39 is 0 Å². The molecule has 0 bridgehead atoms. The molecule has 0 atom stereocenters. The maximum absolute atomic E-state index is 11.5. The molecule has 2 heterocycles. The molecule has 1 aromatic rings. The van der Waals surface area contributed by atoms with Crippen LogP contribution in [0.3, 0.4) is 0 Å². The minimum atomic E-state index is -0.366. The van der Waals surface area contributed by atoms with E-state index in [2.05, 4.69) is 10.2 Å². The normalized spacial score (nSPS) is 17.1. The van der Waals surface area contributed by atoms with Crippen LogP contribution in [0.4, 0.5) is 0 Å². The Morgan fingerprint density at radius 1 is 1.28 bits per heavy atom. The molecule has 0 aliphatic carbocycles. The molecule has 0 aromatic carbocycles. The maximum atomic E-state index is 11.5. The molecule has 0 saturated carbocycles. The SMILES string of the molecule is Nn1cc(O)n(CCCCN2CCNCC2)c1=O. The third-order valence-corrected chi connectivity index (χ3v) is 3.30. The zero-order chi connectivity index (χ0) is 13.0. The van der Waals surface area contributed by atoms with Crippen LogP contribution in [0.1, 0.15) is 12.8 Å². The molecule has 102 valence electrons. The first-order chi connectivity index (χ1) is 8.68. The Morgan fingerprint density at radius 3 is 2.56 bits per heavy atom. The molecule has 4 N–H and O–H groups in total. The molecule has 0 unspecified atom stereocenters. The van der Waals surface area contributed by atoms with E-state index >= 15 is 0 Å². The van der Waals surface area contributed by atoms with Gasteiger partial charge in [0, 0.05) is 32.7 Å². The molecular formula is C11H21N5O2. The van der Waals surface area contributed by atoms with Gasteiger partial charge in [-0.1, -0.05) is 0 Å². The van der Waals surface area contributed by atoms with E-state index in [0.717, 1.165) is 50.2 Å². The highest BCUT2D eigenvalue weighted by molar-refractivity contribution is 5.04.